The minimum Gasteiger partial charge on any atom is -0.434 e. The maximum atomic E-state index is 13.2. The molecule has 0 bridgehead atoms. The number of likely N-dealkylation sites (N-methyl/N-ethyl adjacent to an activating group) is 1. The number of benzene rings is 1. The lowest BCUT2D eigenvalue weighted by Crippen LogP contribution is -2.37. The van der Waals surface area contributed by atoms with Crippen molar-refractivity contribution in [2.75, 3.05) is 58.0 Å². The van der Waals surface area contributed by atoms with E-state index in [1.807, 2.05) is 0 Å². The van der Waals surface area contributed by atoms with E-state index in [1.54, 1.807) is 27.1 Å². The number of hydrogen-bond acceptors (Lipinski definition) is 7. The van der Waals surface area contributed by atoms with Crippen molar-refractivity contribution in [3.8, 4) is 17.0 Å². The Labute approximate surface area is 225 Å². The van der Waals surface area contributed by atoms with E-state index < -0.39 is 12.5 Å². The lowest BCUT2D eigenvalue weighted by atomic mass is 9.97. The molecule has 12 heteroatoms. The quantitative estimate of drug-likeness (QED) is 0.259. The van der Waals surface area contributed by atoms with Crippen LogP contribution in [0.15, 0.2) is 34.8 Å². The van der Waals surface area contributed by atoms with Gasteiger partial charge in [0.1, 0.15) is 22.3 Å². The normalized spacial score (nSPS) is 15.5. The summed E-state index contributed by atoms with van der Waals surface area (Å²) in [4.78, 5) is 26.5. The highest BCUT2D eigenvalue weighted by atomic mass is 35.5. The number of halogens is 3. The Hall–Kier alpha value is -2.76. The Bertz CT molecular complexity index is 1150. The molecule has 2 heterocycles. The molecule has 1 saturated heterocycles. The van der Waals surface area contributed by atoms with Gasteiger partial charge in [-0.3, -0.25) is 9.79 Å². The van der Waals surface area contributed by atoms with Gasteiger partial charge in [0.25, 0.3) is 5.91 Å². The molecule has 0 atom stereocenters. The zero-order valence-corrected chi connectivity index (χ0v) is 23.2. The van der Waals surface area contributed by atoms with Crippen LogP contribution in [0, 0.1) is 5.92 Å². The predicted octanol–water partition coefficient (Wildman–Crippen LogP) is 4.98. The monoisotopic (exact) mass is 554 g/mol. The number of aliphatic imine (C=N–C) groups is 1. The summed E-state index contributed by atoms with van der Waals surface area (Å²) >= 11 is 7.52. The van der Waals surface area contributed by atoms with Crippen LogP contribution in [0.2, 0.25) is 5.02 Å². The number of carbonyl (C=O) groups is 1. The van der Waals surface area contributed by atoms with Gasteiger partial charge in [-0.15, -0.1) is 0 Å². The number of anilines is 2. The number of hydrogen-bond donors (Lipinski definition) is 2. The number of thiazole rings is 1. The van der Waals surface area contributed by atoms with Crippen LogP contribution >= 0.6 is 22.9 Å². The summed E-state index contributed by atoms with van der Waals surface area (Å²) in [5.41, 5.74) is 0.926. The summed E-state index contributed by atoms with van der Waals surface area (Å²) in [6.45, 7) is 1.34. The van der Waals surface area contributed by atoms with Gasteiger partial charge in [0, 0.05) is 44.3 Å². The molecule has 0 spiro atoms. The largest absolute Gasteiger partial charge is 0.434 e. The van der Waals surface area contributed by atoms with Crippen LogP contribution in [0.3, 0.4) is 0 Å². The summed E-state index contributed by atoms with van der Waals surface area (Å²) < 4.78 is 31.1. The molecule has 202 valence electrons. The molecule has 1 aliphatic rings. The molecular weight excluding hydrogens is 522 g/mol. The molecule has 1 aromatic carbocycles. The topological polar surface area (TPSA) is 82.1 Å². The maximum absolute atomic E-state index is 13.2. The van der Waals surface area contributed by atoms with Gasteiger partial charge in [-0.25, -0.2) is 4.98 Å². The van der Waals surface area contributed by atoms with E-state index in [1.165, 1.54) is 29.5 Å². The number of ether oxygens (including phenoxy) is 1. The van der Waals surface area contributed by atoms with Gasteiger partial charge in [-0.2, -0.15) is 8.78 Å². The molecule has 8 nitrogen and oxygen atoms in total. The lowest BCUT2D eigenvalue weighted by molar-refractivity contribution is -0.112. The number of rotatable bonds is 9. The molecule has 1 fully saturated rings. The van der Waals surface area contributed by atoms with Crippen LogP contribution in [-0.2, 0) is 4.79 Å². The number of nitrogens with one attached hydrogen (secondary N) is 2. The van der Waals surface area contributed by atoms with Crippen molar-refractivity contribution in [2.45, 2.75) is 26.4 Å². The minimum absolute atomic E-state index is 0.0752. The van der Waals surface area contributed by atoms with Crippen LogP contribution in [0.5, 0.6) is 5.75 Å². The fraction of sp³-hybridized carbons (Fsp3) is 0.480. The molecule has 1 aromatic heterocycles. The van der Waals surface area contributed by atoms with E-state index in [-0.39, 0.29) is 11.3 Å². The van der Waals surface area contributed by atoms with Gasteiger partial charge in [0.2, 0.25) is 0 Å². The van der Waals surface area contributed by atoms with Crippen molar-refractivity contribution in [3.05, 3.63) is 34.9 Å². The molecule has 3 rings (SSSR count). The summed E-state index contributed by atoms with van der Waals surface area (Å²) in [5.74, 6) is 0.527. The highest BCUT2D eigenvalue weighted by Gasteiger charge is 2.27. The SMILES string of the molecule is C/C=C(/C(=O)Nc1sc(N2CCC(CN(C)C)CC2)nc1-c1cc(Cl)ccc1OC(F)F)C(=NC)NC. The van der Waals surface area contributed by atoms with Gasteiger partial charge < -0.3 is 25.2 Å². The molecule has 2 aromatic rings. The number of allylic oxidation sites excluding steroid dienone is 1. The maximum Gasteiger partial charge on any atom is 0.387 e. The van der Waals surface area contributed by atoms with Crippen LogP contribution in [-0.4, -0.2) is 76.1 Å². The third-order valence-corrected chi connectivity index (χ3v) is 7.28. The van der Waals surface area contributed by atoms with E-state index in [0.717, 1.165) is 32.5 Å². The van der Waals surface area contributed by atoms with Crippen molar-refractivity contribution in [1.82, 2.24) is 15.2 Å². The number of alkyl halides is 2. The predicted molar refractivity (Wildman–Crippen MR) is 147 cm³/mol. The van der Waals surface area contributed by atoms with E-state index in [2.05, 4.69) is 39.5 Å². The van der Waals surface area contributed by atoms with Gasteiger partial charge in [0.05, 0.1) is 5.57 Å². The van der Waals surface area contributed by atoms with Crippen molar-refractivity contribution in [2.24, 2.45) is 10.9 Å². The third-order valence-electron chi connectivity index (χ3n) is 6.01. The average Bonchev–Trinajstić information content (AvgIpc) is 3.26. The highest BCUT2D eigenvalue weighted by Crippen LogP contribution is 2.43. The number of amides is 1. The van der Waals surface area contributed by atoms with Gasteiger partial charge in [-0.05, 0) is 58.0 Å². The molecule has 0 aliphatic carbocycles. The minimum atomic E-state index is -3.03. The molecular formula is C25H33ClF2N6O2S. The van der Waals surface area contributed by atoms with E-state index in [0.29, 0.717) is 38.2 Å². The molecule has 37 heavy (non-hydrogen) atoms. The van der Waals surface area contributed by atoms with Crippen LogP contribution < -0.4 is 20.3 Å². The van der Waals surface area contributed by atoms with Crippen molar-refractivity contribution in [1.29, 1.82) is 0 Å². The number of amidine groups is 1. The van der Waals surface area contributed by atoms with Crippen LogP contribution in [0.1, 0.15) is 19.8 Å². The molecule has 2 N–H and O–H groups in total. The first kappa shape index (κ1) is 28.8. The van der Waals surface area contributed by atoms with Gasteiger partial charge in [0.15, 0.2) is 5.13 Å². The summed E-state index contributed by atoms with van der Waals surface area (Å²) in [6, 6.07) is 4.36. The third kappa shape index (κ3) is 7.39. The first-order valence-corrected chi connectivity index (χ1v) is 13.1. The average molecular weight is 555 g/mol. The zero-order valence-electron chi connectivity index (χ0n) is 21.6. The second kappa shape index (κ2) is 13.2. The molecule has 0 saturated carbocycles. The Morgan fingerprint density at radius 2 is 2.08 bits per heavy atom. The molecule has 1 amide bonds. The Balaban J connectivity index is 2.01. The lowest BCUT2D eigenvalue weighted by Gasteiger charge is -2.32. The number of carbonyl (C=O) groups excluding carboxylic acids is 1. The Kier molecular flexibility index (Phi) is 10.2. The molecule has 0 unspecified atom stereocenters. The van der Waals surface area contributed by atoms with E-state index in [4.69, 9.17) is 21.3 Å². The number of nitrogens with zero attached hydrogens (tertiary/aromatic N) is 4. The van der Waals surface area contributed by atoms with E-state index in [9.17, 15) is 13.6 Å². The second-order valence-corrected chi connectivity index (χ2v) is 10.3. The zero-order chi connectivity index (χ0) is 27.1. The summed E-state index contributed by atoms with van der Waals surface area (Å²) in [7, 11) is 7.40. The summed E-state index contributed by atoms with van der Waals surface area (Å²) in [6.07, 6.45) is 3.66. The molecule has 0 radical (unpaired) electrons. The Morgan fingerprint density at radius 3 is 2.65 bits per heavy atom. The van der Waals surface area contributed by atoms with Crippen molar-refractivity contribution < 1.29 is 18.3 Å². The smallest absolute Gasteiger partial charge is 0.387 e. The van der Waals surface area contributed by atoms with Gasteiger partial charge >= 0.3 is 6.61 Å². The fourth-order valence-corrected chi connectivity index (χ4v) is 5.53. The molecule has 1 aliphatic heterocycles. The van der Waals surface area contributed by atoms with Crippen molar-refractivity contribution in [3.63, 3.8) is 0 Å². The van der Waals surface area contributed by atoms with Gasteiger partial charge in [-0.1, -0.05) is 29.0 Å². The first-order valence-electron chi connectivity index (χ1n) is 11.9. The van der Waals surface area contributed by atoms with E-state index >= 15 is 0 Å². The second-order valence-electron chi connectivity index (χ2n) is 8.86. The Morgan fingerprint density at radius 1 is 1.38 bits per heavy atom. The van der Waals surface area contributed by atoms with Crippen LogP contribution in [0.25, 0.3) is 11.3 Å². The number of aromatic nitrogens is 1. The standard InChI is InChI=1S/C25H33ClF2N6O2S/c1-6-17(21(29-2)30-3)22(35)32-23-20(18-13-16(26)7-8-19(18)36-24(27)28)31-25(37-23)34-11-9-15(10-12-34)14-33(4)5/h6-8,13,15,24H,9-12,14H2,1-5H3,(H,29,30)(H,32,35)/b17-6+. The first-order chi connectivity index (χ1) is 17.7. The van der Waals surface area contributed by atoms with Crippen LogP contribution in [0.4, 0.5) is 18.9 Å². The number of piperidine rings is 1. The highest BCUT2D eigenvalue weighted by molar-refractivity contribution is 7.20. The summed E-state index contributed by atoms with van der Waals surface area (Å²) in [5, 5.41) is 7.24. The fourth-order valence-electron chi connectivity index (χ4n) is 4.33. The van der Waals surface area contributed by atoms with Crippen molar-refractivity contribution >= 4 is 44.8 Å².